The van der Waals surface area contributed by atoms with Gasteiger partial charge in [0.15, 0.2) is 0 Å². The molecule has 19 heavy (non-hydrogen) atoms. The topological polar surface area (TPSA) is 50.5 Å². The minimum absolute atomic E-state index is 0.633. The Morgan fingerprint density at radius 2 is 2.00 bits per heavy atom. The van der Waals surface area contributed by atoms with Crippen molar-refractivity contribution in [1.82, 2.24) is 4.90 Å². The lowest BCUT2D eigenvalue weighted by Crippen LogP contribution is -2.29. The molecule has 0 amide bonds. The van der Waals surface area contributed by atoms with Crippen LogP contribution >= 0.6 is 0 Å². The van der Waals surface area contributed by atoms with Crippen LogP contribution in [-0.4, -0.2) is 37.7 Å². The summed E-state index contributed by atoms with van der Waals surface area (Å²) in [5.74, 6) is 0.758. The molecule has 108 valence electrons. The number of likely N-dealkylation sites (N-methyl/N-ethyl adjacent to an activating group) is 1. The molecule has 3 N–H and O–H groups in total. The molecule has 1 rings (SSSR count). The lowest BCUT2D eigenvalue weighted by atomic mass is 10.2. The smallest absolute Gasteiger partial charge is 0.144 e. The highest BCUT2D eigenvalue weighted by Gasteiger charge is 2.03. The van der Waals surface area contributed by atoms with Gasteiger partial charge in [-0.1, -0.05) is 13.8 Å². The molecule has 1 aromatic carbocycles. The largest absolute Gasteiger partial charge is 0.492 e. The number of benzene rings is 1. The monoisotopic (exact) mass is 265 g/mol. The van der Waals surface area contributed by atoms with E-state index in [0.717, 1.165) is 37.6 Å². The fourth-order valence-corrected chi connectivity index (χ4v) is 2.03. The molecular formula is C15H27N3O. The zero-order chi connectivity index (χ0) is 14.1. The fraction of sp³-hybridized carbons (Fsp3) is 0.600. The van der Waals surface area contributed by atoms with Gasteiger partial charge in [0.25, 0.3) is 0 Å². The van der Waals surface area contributed by atoms with Gasteiger partial charge in [-0.05, 0) is 38.6 Å². The van der Waals surface area contributed by atoms with Gasteiger partial charge in [0.05, 0.1) is 12.3 Å². The lowest BCUT2D eigenvalue weighted by molar-refractivity contribution is 0.300. The first-order valence-electron chi connectivity index (χ1n) is 7.19. The van der Waals surface area contributed by atoms with Gasteiger partial charge in [0.1, 0.15) is 5.75 Å². The van der Waals surface area contributed by atoms with E-state index in [1.165, 1.54) is 6.42 Å². The van der Waals surface area contributed by atoms with Crippen LogP contribution < -0.4 is 15.8 Å². The van der Waals surface area contributed by atoms with Crippen LogP contribution in [0.4, 0.5) is 11.4 Å². The van der Waals surface area contributed by atoms with Crippen molar-refractivity contribution in [3.05, 3.63) is 18.2 Å². The van der Waals surface area contributed by atoms with Gasteiger partial charge in [-0.3, -0.25) is 0 Å². The maximum absolute atomic E-state index is 5.85. The molecule has 0 aliphatic heterocycles. The quantitative estimate of drug-likeness (QED) is 0.674. The lowest BCUT2D eigenvalue weighted by Gasteiger charge is -2.20. The molecule has 0 spiro atoms. The predicted molar refractivity (Wildman–Crippen MR) is 82.9 cm³/mol. The first kappa shape index (κ1) is 15.6. The minimum atomic E-state index is 0.633. The summed E-state index contributed by atoms with van der Waals surface area (Å²) in [4.78, 5) is 2.44. The van der Waals surface area contributed by atoms with Crippen LogP contribution in [0, 0.1) is 0 Å². The SMILES string of the molecule is CCCN(CC)CCNc1ccc(N)c(OCC)c1. The third-order valence-corrected chi connectivity index (χ3v) is 3.06. The molecule has 0 aliphatic carbocycles. The van der Waals surface area contributed by atoms with Crippen LogP contribution in [0.2, 0.25) is 0 Å². The summed E-state index contributed by atoms with van der Waals surface area (Å²) in [6.07, 6.45) is 1.20. The second kappa shape index (κ2) is 8.64. The summed E-state index contributed by atoms with van der Waals surface area (Å²) >= 11 is 0. The predicted octanol–water partition coefficient (Wildman–Crippen LogP) is 2.81. The molecule has 0 atom stereocenters. The van der Waals surface area contributed by atoms with Crippen LogP contribution in [0.15, 0.2) is 18.2 Å². The Morgan fingerprint density at radius 1 is 1.21 bits per heavy atom. The Kier molecular flexibility index (Phi) is 7.11. The Bertz CT molecular complexity index is 368. The molecule has 0 saturated heterocycles. The summed E-state index contributed by atoms with van der Waals surface area (Å²) < 4.78 is 5.49. The van der Waals surface area contributed by atoms with Gasteiger partial charge in [0.2, 0.25) is 0 Å². The molecule has 0 saturated carbocycles. The zero-order valence-corrected chi connectivity index (χ0v) is 12.4. The minimum Gasteiger partial charge on any atom is -0.492 e. The average molecular weight is 265 g/mol. The van der Waals surface area contributed by atoms with Crippen LogP contribution in [-0.2, 0) is 0 Å². The highest BCUT2D eigenvalue weighted by Crippen LogP contribution is 2.25. The fourth-order valence-electron chi connectivity index (χ4n) is 2.03. The van der Waals surface area contributed by atoms with Gasteiger partial charge in [0, 0.05) is 24.8 Å². The van der Waals surface area contributed by atoms with Crippen molar-refractivity contribution in [1.29, 1.82) is 0 Å². The van der Waals surface area contributed by atoms with Crippen molar-refractivity contribution in [2.24, 2.45) is 0 Å². The molecule has 4 nitrogen and oxygen atoms in total. The number of rotatable bonds is 9. The van der Waals surface area contributed by atoms with Crippen molar-refractivity contribution in [3.63, 3.8) is 0 Å². The number of hydrogen-bond donors (Lipinski definition) is 2. The summed E-state index contributed by atoms with van der Waals surface area (Å²) in [6.45, 7) is 11.3. The molecule has 0 aromatic heterocycles. The Morgan fingerprint density at radius 3 is 2.63 bits per heavy atom. The molecular weight excluding hydrogens is 238 g/mol. The normalized spacial score (nSPS) is 10.7. The van der Waals surface area contributed by atoms with E-state index in [2.05, 4.69) is 24.1 Å². The van der Waals surface area contributed by atoms with Gasteiger partial charge in [-0.2, -0.15) is 0 Å². The van der Waals surface area contributed by atoms with Crippen LogP contribution in [0.25, 0.3) is 0 Å². The molecule has 0 aliphatic rings. The first-order chi connectivity index (χ1) is 9.21. The average Bonchev–Trinajstić information content (AvgIpc) is 2.41. The van der Waals surface area contributed by atoms with E-state index in [4.69, 9.17) is 10.5 Å². The third-order valence-electron chi connectivity index (χ3n) is 3.06. The Labute approximate surface area is 116 Å². The van der Waals surface area contributed by atoms with Gasteiger partial charge in [-0.15, -0.1) is 0 Å². The summed E-state index contributed by atoms with van der Waals surface area (Å²) in [5, 5.41) is 3.42. The number of anilines is 2. The number of ether oxygens (including phenoxy) is 1. The maximum Gasteiger partial charge on any atom is 0.144 e. The van der Waals surface area contributed by atoms with Gasteiger partial charge >= 0.3 is 0 Å². The van der Waals surface area contributed by atoms with Crippen molar-refractivity contribution in [2.75, 3.05) is 43.8 Å². The number of hydrogen-bond acceptors (Lipinski definition) is 4. The second-order valence-electron chi connectivity index (χ2n) is 4.55. The first-order valence-corrected chi connectivity index (χ1v) is 7.19. The van der Waals surface area contributed by atoms with E-state index in [1.54, 1.807) is 0 Å². The number of nitrogen functional groups attached to an aromatic ring is 1. The van der Waals surface area contributed by atoms with E-state index in [1.807, 2.05) is 25.1 Å². The summed E-state index contributed by atoms with van der Waals surface area (Å²) in [6, 6.07) is 5.85. The van der Waals surface area contributed by atoms with E-state index < -0.39 is 0 Å². The molecule has 0 unspecified atom stereocenters. The van der Waals surface area contributed by atoms with E-state index in [9.17, 15) is 0 Å². The van der Waals surface area contributed by atoms with Crippen LogP contribution in [0.1, 0.15) is 27.2 Å². The Hall–Kier alpha value is -1.42. The van der Waals surface area contributed by atoms with Crippen molar-refractivity contribution >= 4 is 11.4 Å². The van der Waals surface area contributed by atoms with Crippen molar-refractivity contribution in [2.45, 2.75) is 27.2 Å². The maximum atomic E-state index is 5.85. The second-order valence-corrected chi connectivity index (χ2v) is 4.55. The van der Waals surface area contributed by atoms with Gasteiger partial charge in [-0.25, -0.2) is 0 Å². The molecule has 0 radical (unpaired) electrons. The zero-order valence-electron chi connectivity index (χ0n) is 12.4. The van der Waals surface area contributed by atoms with E-state index in [0.29, 0.717) is 12.3 Å². The van der Waals surface area contributed by atoms with E-state index in [-0.39, 0.29) is 0 Å². The number of nitrogens with zero attached hydrogens (tertiary/aromatic N) is 1. The molecule has 4 heteroatoms. The summed E-state index contributed by atoms with van der Waals surface area (Å²) in [7, 11) is 0. The van der Waals surface area contributed by atoms with Crippen LogP contribution in [0.3, 0.4) is 0 Å². The molecule has 0 bridgehead atoms. The highest BCUT2D eigenvalue weighted by atomic mass is 16.5. The molecule has 0 heterocycles. The molecule has 1 aromatic rings. The van der Waals surface area contributed by atoms with Crippen LogP contribution in [0.5, 0.6) is 5.75 Å². The van der Waals surface area contributed by atoms with Gasteiger partial charge < -0.3 is 20.7 Å². The van der Waals surface area contributed by atoms with Crippen molar-refractivity contribution in [3.8, 4) is 5.75 Å². The number of nitrogens with one attached hydrogen (secondary N) is 1. The third kappa shape index (κ3) is 5.39. The standard InChI is InChI=1S/C15H27N3O/c1-4-10-18(5-2)11-9-17-13-7-8-14(16)15(12-13)19-6-3/h7-8,12,17H,4-6,9-11,16H2,1-3H3. The molecule has 0 fully saturated rings. The van der Waals surface area contributed by atoms with E-state index >= 15 is 0 Å². The Balaban J connectivity index is 2.46. The summed E-state index contributed by atoms with van der Waals surface area (Å²) in [5.41, 5.74) is 7.60. The highest BCUT2D eigenvalue weighted by molar-refractivity contribution is 5.61. The number of nitrogens with two attached hydrogens (primary N) is 1. The van der Waals surface area contributed by atoms with Crippen molar-refractivity contribution < 1.29 is 4.74 Å².